The molecule has 0 amide bonds. The maximum absolute atomic E-state index is 4.47. The lowest BCUT2D eigenvalue weighted by Crippen LogP contribution is -2.12. The van der Waals surface area contributed by atoms with E-state index in [-0.39, 0.29) is 0 Å². The molecule has 2 rings (SSSR count). The minimum atomic E-state index is 0.827. The van der Waals surface area contributed by atoms with E-state index in [0.29, 0.717) is 0 Å². The summed E-state index contributed by atoms with van der Waals surface area (Å²) in [6.45, 7) is 12.4. The zero-order chi connectivity index (χ0) is 12.6. The van der Waals surface area contributed by atoms with Gasteiger partial charge in [0.05, 0.1) is 0 Å². The van der Waals surface area contributed by atoms with E-state index in [4.69, 9.17) is 0 Å². The van der Waals surface area contributed by atoms with Crippen molar-refractivity contribution in [3.8, 4) is 0 Å². The van der Waals surface area contributed by atoms with Crippen molar-refractivity contribution in [3.05, 3.63) is 29.1 Å². The van der Waals surface area contributed by atoms with Gasteiger partial charge < -0.3 is 0 Å². The van der Waals surface area contributed by atoms with Gasteiger partial charge in [-0.3, -0.25) is 4.98 Å². The second-order valence-corrected chi connectivity index (χ2v) is 3.97. The van der Waals surface area contributed by atoms with E-state index in [1.165, 1.54) is 36.1 Å². The van der Waals surface area contributed by atoms with Crippen molar-refractivity contribution in [1.82, 2.24) is 4.98 Å². The first kappa shape index (κ1) is 15.2. The second-order valence-electron chi connectivity index (χ2n) is 3.97. The van der Waals surface area contributed by atoms with Crippen molar-refractivity contribution in [1.29, 1.82) is 0 Å². The third kappa shape index (κ3) is 4.34. The third-order valence-electron chi connectivity index (χ3n) is 2.64. The maximum atomic E-state index is 4.47. The highest BCUT2D eigenvalue weighted by molar-refractivity contribution is 5.26. The molecule has 0 N–H and O–H groups in total. The first-order valence-electron chi connectivity index (χ1n) is 6.70. The topological polar surface area (TPSA) is 12.9 Å². The third-order valence-corrected chi connectivity index (χ3v) is 2.64. The van der Waals surface area contributed by atoms with Gasteiger partial charge in [-0.2, -0.15) is 0 Å². The minimum Gasteiger partial charge on any atom is -0.261 e. The fourth-order valence-electron chi connectivity index (χ4n) is 1.89. The molecule has 0 fully saturated rings. The predicted molar refractivity (Wildman–Crippen MR) is 72.9 cm³/mol. The highest BCUT2D eigenvalue weighted by Crippen LogP contribution is 2.23. The Morgan fingerprint density at radius 3 is 2.44 bits per heavy atom. The fraction of sp³-hybridized carbons (Fsp3) is 0.667. The molecule has 1 aliphatic rings. The van der Waals surface area contributed by atoms with Gasteiger partial charge >= 0.3 is 0 Å². The van der Waals surface area contributed by atoms with Crippen molar-refractivity contribution in [2.45, 2.75) is 60.8 Å². The summed E-state index contributed by atoms with van der Waals surface area (Å²) in [6.07, 6.45) is 5.72. The Labute approximate surface area is 101 Å². The second kappa shape index (κ2) is 8.32. The van der Waals surface area contributed by atoms with Gasteiger partial charge in [-0.05, 0) is 43.2 Å². The van der Waals surface area contributed by atoms with Crippen LogP contribution in [0, 0.1) is 12.8 Å². The Morgan fingerprint density at radius 1 is 1.19 bits per heavy atom. The average molecular weight is 221 g/mol. The van der Waals surface area contributed by atoms with Gasteiger partial charge in [0.25, 0.3) is 0 Å². The van der Waals surface area contributed by atoms with Crippen molar-refractivity contribution < 1.29 is 0 Å². The van der Waals surface area contributed by atoms with Crippen LogP contribution in [0.5, 0.6) is 0 Å². The van der Waals surface area contributed by atoms with Crippen LogP contribution >= 0.6 is 0 Å². The van der Waals surface area contributed by atoms with Gasteiger partial charge in [0.2, 0.25) is 0 Å². The Morgan fingerprint density at radius 2 is 1.81 bits per heavy atom. The van der Waals surface area contributed by atoms with Crippen molar-refractivity contribution in [3.63, 3.8) is 0 Å². The summed E-state index contributed by atoms with van der Waals surface area (Å²) in [5, 5.41) is 0. The molecule has 1 aromatic heterocycles. The molecule has 0 saturated carbocycles. The highest BCUT2D eigenvalue weighted by Gasteiger charge is 2.15. The summed E-state index contributed by atoms with van der Waals surface area (Å²) in [4.78, 5) is 4.47. The van der Waals surface area contributed by atoms with E-state index in [0.717, 1.165) is 5.92 Å². The van der Waals surface area contributed by atoms with Crippen LogP contribution in [0.4, 0.5) is 0 Å². The molecule has 1 heterocycles. The molecular formula is C15H27N. The number of aryl methyl sites for hydroxylation is 2. The van der Waals surface area contributed by atoms with Gasteiger partial charge in [0.15, 0.2) is 0 Å². The lowest BCUT2D eigenvalue weighted by atomic mass is 9.88. The first-order chi connectivity index (χ1) is 7.75. The molecule has 16 heavy (non-hydrogen) atoms. The fourth-order valence-corrected chi connectivity index (χ4v) is 1.89. The number of pyridine rings is 1. The zero-order valence-electron chi connectivity index (χ0n) is 11.8. The molecule has 0 radical (unpaired) electrons. The van der Waals surface area contributed by atoms with Gasteiger partial charge in [-0.15, -0.1) is 0 Å². The summed E-state index contributed by atoms with van der Waals surface area (Å²) in [5.41, 5.74) is 4.11. The van der Waals surface area contributed by atoms with Crippen LogP contribution < -0.4 is 0 Å². The predicted octanol–water partition coefficient (Wildman–Crippen LogP) is 4.57. The molecule has 0 bridgehead atoms. The van der Waals surface area contributed by atoms with Crippen LogP contribution in [0.1, 0.15) is 57.9 Å². The van der Waals surface area contributed by atoms with Gasteiger partial charge in [-0.1, -0.05) is 40.7 Å². The number of hydrogen-bond donors (Lipinski definition) is 0. The largest absolute Gasteiger partial charge is 0.261 e. The van der Waals surface area contributed by atoms with Gasteiger partial charge in [0, 0.05) is 11.9 Å². The Hall–Kier alpha value is -0.850. The summed E-state index contributed by atoms with van der Waals surface area (Å²) in [7, 11) is 0. The number of nitrogens with zero attached hydrogens (tertiary/aromatic N) is 1. The van der Waals surface area contributed by atoms with E-state index in [1.807, 2.05) is 33.9 Å². The molecule has 0 spiro atoms. The van der Waals surface area contributed by atoms with Crippen molar-refractivity contribution in [2.24, 2.45) is 5.92 Å². The summed E-state index contributed by atoms with van der Waals surface area (Å²) >= 11 is 0. The van der Waals surface area contributed by atoms with Crippen LogP contribution in [0.25, 0.3) is 0 Å². The minimum absolute atomic E-state index is 0.827. The zero-order valence-corrected chi connectivity index (χ0v) is 11.8. The standard InChI is InChI=1S/C11H15N.2C2H6/c1-8-3-4-10-5-9(2)7-12-11(10)6-8;2*1-2/h5,7-8H,3-4,6H2,1-2H3;2*1-2H3. The van der Waals surface area contributed by atoms with Crippen molar-refractivity contribution >= 4 is 0 Å². The molecule has 1 aromatic rings. The number of fused-ring (bicyclic) bond motifs is 1. The van der Waals surface area contributed by atoms with Gasteiger partial charge in [0.1, 0.15) is 0 Å². The van der Waals surface area contributed by atoms with Crippen LogP contribution in [-0.2, 0) is 12.8 Å². The van der Waals surface area contributed by atoms with Gasteiger partial charge in [-0.25, -0.2) is 0 Å². The molecule has 0 aromatic carbocycles. The molecule has 1 heteroatoms. The molecule has 1 aliphatic carbocycles. The van der Waals surface area contributed by atoms with E-state index in [9.17, 15) is 0 Å². The highest BCUT2D eigenvalue weighted by atomic mass is 14.7. The molecule has 1 atom stereocenters. The molecular weight excluding hydrogens is 194 g/mol. The SMILES string of the molecule is CC.CC.Cc1cnc2c(c1)CCC(C)C2. The van der Waals surface area contributed by atoms with Crippen molar-refractivity contribution in [2.75, 3.05) is 0 Å². The average Bonchev–Trinajstić information content (AvgIpc) is 2.35. The van der Waals surface area contributed by atoms with Crippen LogP contribution in [0.3, 0.4) is 0 Å². The smallest absolute Gasteiger partial charge is 0.0438 e. The first-order valence-corrected chi connectivity index (χ1v) is 6.70. The molecule has 1 nitrogen and oxygen atoms in total. The Bertz CT molecular complexity index is 291. The summed E-state index contributed by atoms with van der Waals surface area (Å²) in [5.74, 6) is 0.827. The Balaban J connectivity index is 0.000000509. The molecule has 92 valence electrons. The molecule has 1 unspecified atom stereocenters. The lowest BCUT2D eigenvalue weighted by molar-refractivity contribution is 0.492. The van der Waals surface area contributed by atoms with Crippen LogP contribution in [-0.4, -0.2) is 4.98 Å². The quantitative estimate of drug-likeness (QED) is 0.625. The summed E-state index contributed by atoms with van der Waals surface area (Å²) < 4.78 is 0. The van der Waals surface area contributed by atoms with E-state index in [1.54, 1.807) is 0 Å². The summed E-state index contributed by atoms with van der Waals surface area (Å²) in [6, 6.07) is 2.29. The lowest BCUT2D eigenvalue weighted by Gasteiger charge is -2.20. The monoisotopic (exact) mass is 221 g/mol. The molecule has 0 saturated heterocycles. The van der Waals surface area contributed by atoms with E-state index >= 15 is 0 Å². The number of hydrogen-bond acceptors (Lipinski definition) is 1. The molecule has 0 aliphatic heterocycles. The maximum Gasteiger partial charge on any atom is 0.0438 e. The number of aromatic nitrogens is 1. The van der Waals surface area contributed by atoms with Crippen LogP contribution in [0.15, 0.2) is 12.3 Å². The Kier molecular flexibility index (Phi) is 7.88. The van der Waals surface area contributed by atoms with E-state index in [2.05, 4.69) is 24.9 Å². The normalized spacial score (nSPS) is 17.2. The van der Waals surface area contributed by atoms with E-state index < -0.39 is 0 Å². The number of rotatable bonds is 0. The van der Waals surface area contributed by atoms with Crippen LogP contribution in [0.2, 0.25) is 0 Å².